The van der Waals surface area contributed by atoms with Crippen LogP contribution in [-0.4, -0.2) is 23.4 Å². The Kier molecular flexibility index (Phi) is 5.66. The van der Waals surface area contributed by atoms with E-state index < -0.39 is 0 Å². The fourth-order valence-corrected chi connectivity index (χ4v) is 3.74. The van der Waals surface area contributed by atoms with Crippen molar-refractivity contribution in [3.8, 4) is 34.1 Å². The minimum atomic E-state index is 0.124. The molecule has 0 saturated heterocycles. The summed E-state index contributed by atoms with van der Waals surface area (Å²) in [6.45, 7) is 5.45. The van der Waals surface area contributed by atoms with Gasteiger partial charge in [-0.05, 0) is 82.9 Å². The maximum Gasteiger partial charge on any atom is 0.124 e. The van der Waals surface area contributed by atoms with Gasteiger partial charge < -0.3 is 19.7 Å². The first-order valence-electron chi connectivity index (χ1n) is 10.4. The van der Waals surface area contributed by atoms with E-state index in [-0.39, 0.29) is 11.5 Å². The van der Waals surface area contributed by atoms with Gasteiger partial charge in [-0.15, -0.1) is 0 Å². The van der Waals surface area contributed by atoms with E-state index >= 15 is 0 Å². The van der Waals surface area contributed by atoms with Crippen molar-refractivity contribution in [1.82, 2.24) is 0 Å². The lowest BCUT2D eigenvalue weighted by Gasteiger charge is -2.15. The van der Waals surface area contributed by atoms with E-state index in [9.17, 15) is 10.2 Å². The normalized spacial score (nSPS) is 11.1. The highest BCUT2D eigenvalue weighted by atomic mass is 16.5. The van der Waals surface area contributed by atoms with E-state index in [1.54, 1.807) is 12.1 Å². The van der Waals surface area contributed by atoms with Crippen LogP contribution in [-0.2, 0) is 0 Å². The van der Waals surface area contributed by atoms with Crippen LogP contribution in [0.3, 0.4) is 0 Å². The summed E-state index contributed by atoms with van der Waals surface area (Å²) in [4.78, 5) is 0. The van der Waals surface area contributed by atoms with Crippen LogP contribution in [0.4, 0.5) is 0 Å². The second-order valence-electron chi connectivity index (χ2n) is 7.38. The number of phenols is 2. The molecule has 0 amide bonds. The van der Waals surface area contributed by atoms with Gasteiger partial charge in [0.2, 0.25) is 0 Å². The first kappa shape index (κ1) is 19.9. The van der Waals surface area contributed by atoms with Gasteiger partial charge in [-0.2, -0.15) is 0 Å². The molecule has 0 spiro atoms. The monoisotopic (exact) mass is 402 g/mol. The number of fused-ring (bicyclic) bond motifs is 2. The lowest BCUT2D eigenvalue weighted by atomic mass is 9.92. The molecule has 4 aromatic carbocycles. The predicted octanol–water partition coefficient (Wildman–Crippen LogP) is 6.65. The zero-order valence-corrected chi connectivity index (χ0v) is 17.3. The van der Waals surface area contributed by atoms with Crippen LogP contribution in [0.5, 0.6) is 23.0 Å². The number of hydrogen-bond donors (Lipinski definition) is 2. The molecule has 0 aliphatic carbocycles. The molecule has 2 N–H and O–H groups in total. The largest absolute Gasteiger partial charge is 0.507 e. The van der Waals surface area contributed by atoms with Gasteiger partial charge in [-0.25, -0.2) is 0 Å². The molecule has 0 unspecified atom stereocenters. The molecule has 4 rings (SSSR count). The highest BCUT2D eigenvalue weighted by Crippen LogP contribution is 2.45. The molecule has 0 aliphatic heterocycles. The molecule has 0 atom stereocenters. The Hall–Kier alpha value is -3.40. The third-order valence-corrected chi connectivity index (χ3v) is 5.13. The van der Waals surface area contributed by atoms with E-state index in [1.807, 2.05) is 48.5 Å². The summed E-state index contributed by atoms with van der Waals surface area (Å²) in [5.41, 5.74) is 1.22. The lowest BCUT2D eigenvalue weighted by molar-refractivity contribution is 0.318. The minimum Gasteiger partial charge on any atom is -0.507 e. The molecule has 30 heavy (non-hydrogen) atoms. The molecular formula is C26H26O4. The minimum absolute atomic E-state index is 0.124. The van der Waals surface area contributed by atoms with Gasteiger partial charge in [-0.1, -0.05) is 26.0 Å². The number of ether oxygens (including phenoxy) is 2. The Labute approximate surface area is 176 Å². The number of phenolic OH excluding ortho intramolecular Hbond substituents is 2. The van der Waals surface area contributed by atoms with Crippen LogP contribution in [0.15, 0.2) is 60.7 Å². The number of benzene rings is 4. The third-order valence-electron chi connectivity index (χ3n) is 5.13. The first-order valence-corrected chi connectivity index (χ1v) is 10.4. The Balaban J connectivity index is 1.90. The zero-order chi connectivity index (χ0) is 21.1. The van der Waals surface area contributed by atoms with E-state index in [0.29, 0.717) is 24.3 Å². The van der Waals surface area contributed by atoms with Crippen molar-refractivity contribution in [2.75, 3.05) is 13.2 Å². The van der Waals surface area contributed by atoms with Crippen molar-refractivity contribution in [3.05, 3.63) is 60.7 Å². The first-order chi connectivity index (χ1) is 14.6. The standard InChI is InChI=1S/C26H26O4/c1-3-13-29-19-7-9-21-17(15-19)5-11-23(27)25(21)26-22-10-8-20(30-14-4-2)16-18(22)6-12-24(26)28/h5-12,15-16,27-28H,3-4,13-14H2,1-2H3. The Morgan fingerprint density at radius 3 is 1.43 bits per heavy atom. The molecule has 0 fully saturated rings. The maximum atomic E-state index is 10.8. The van der Waals surface area contributed by atoms with E-state index in [1.165, 1.54) is 0 Å². The van der Waals surface area contributed by atoms with Gasteiger partial charge in [0, 0.05) is 11.1 Å². The molecule has 4 heteroatoms. The lowest BCUT2D eigenvalue weighted by Crippen LogP contribution is -1.95. The van der Waals surface area contributed by atoms with Crippen LogP contribution < -0.4 is 9.47 Å². The van der Waals surface area contributed by atoms with Crippen molar-refractivity contribution < 1.29 is 19.7 Å². The van der Waals surface area contributed by atoms with Crippen LogP contribution in [0, 0.1) is 0 Å². The van der Waals surface area contributed by atoms with E-state index in [2.05, 4.69) is 13.8 Å². The SMILES string of the molecule is CCCOc1ccc2c(-c3c(O)ccc4cc(OCCC)ccc34)c(O)ccc2c1. The molecule has 4 aromatic rings. The van der Waals surface area contributed by atoms with Crippen molar-refractivity contribution in [2.45, 2.75) is 26.7 Å². The van der Waals surface area contributed by atoms with Crippen molar-refractivity contribution >= 4 is 21.5 Å². The van der Waals surface area contributed by atoms with Crippen LogP contribution in [0.2, 0.25) is 0 Å². The zero-order valence-electron chi connectivity index (χ0n) is 17.3. The van der Waals surface area contributed by atoms with E-state index in [4.69, 9.17) is 9.47 Å². The summed E-state index contributed by atoms with van der Waals surface area (Å²) in [6.07, 6.45) is 1.87. The maximum absolute atomic E-state index is 10.8. The second-order valence-corrected chi connectivity index (χ2v) is 7.38. The molecule has 0 saturated carbocycles. The fourth-order valence-electron chi connectivity index (χ4n) is 3.74. The highest BCUT2D eigenvalue weighted by Gasteiger charge is 2.17. The third kappa shape index (κ3) is 3.73. The summed E-state index contributed by atoms with van der Waals surface area (Å²) >= 11 is 0. The predicted molar refractivity (Wildman–Crippen MR) is 122 cm³/mol. The fraction of sp³-hybridized carbons (Fsp3) is 0.231. The number of aromatic hydroxyl groups is 2. The Morgan fingerprint density at radius 2 is 1.03 bits per heavy atom. The highest BCUT2D eigenvalue weighted by molar-refractivity contribution is 6.10. The van der Waals surface area contributed by atoms with Crippen molar-refractivity contribution in [3.63, 3.8) is 0 Å². The summed E-state index contributed by atoms with van der Waals surface area (Å²) < 4.78 is 11.5. The van der Waals surface area contributed by atoms with Gasteiger partial charge in [0.1, 0.15) is 23.0 Å². The number of rotatable bonds is 7. The second kappa shape index (κ2) is 8.54. The van der Waals surface area contributed by atoms with Crippen LogP contribution in [0.1, 0.15) is 26.7 Å². The Morgan fingerprint density at radius 1 is 0.600 bits per heavy atom. The molecule has 0 heterocycles. The van der Waals surface area contributed by atoms with E-state index in [0.717, 1.165) is 45.9 Å². The summed E-state index contributed by atoms with van der Waals surface area (Å²) in [5.74, 6) is 1.83. The molecule has 4 nitrogen and oxygen atoms in total. The van der Waals surface area contributed by atoms with Gasteiger partial charge in [0.25, 0.3) is 0 Å². The molecule has 0 bridgehead atoms. The smallest absolute Gasteiger partial charge is 0.124 e. The van der Waals surface area contributed by atoms with Crippen LogP contribution >= 0.6 is 0 Å². The summed E-state index contributed by atoms with van der Waals surface area (Å²) in [7, 11) is 0. The quantitative estimate of drug-likeness (QED) is 0.363. The average molecular weight is 402 g/mol. The average Bonchev–Trinajstić information content (AvgIpc) is 2.77. The molecule has 154 valence electrons. The van der Waals surface area contributed by atoms with Crippen molar-refractivity contribution in [1.29, 1.82) is 0 Å². The van der Waals surface area contributed by atoms with Crippen LogP contribution in [0.25, 0.3) is 32.7 Å². The summed E-state index contributed by atoms with van der Waals surface area (Å²) in [5, 5.41) is 25.1. The summed E-state index contributed by atoms with van der Waals surface area (Å²) in [6, 6.07) is 18.7. The topological polar surface area (TPSA) is 58.9 Å². The van der Waals surface area contributed by atoms with Crippen molar-refractivity contribution in [2.24, 2.45) is 0 Å². The van der Waals surface area contributed by atoms with Gasteiger partial charge in [-0.3, -0.25) is 0 Å². The van der Waals surface area contributed by atoms with Gasteiger partial charge >= 0.3 is 0 Å². The molecule has 0 aromatic heterocycles. The number of hydrogen-bond acceptors (Lipinski definition) is 4. The molecule has 0 aliphatic rings. The molecular weight excluding hydrogens is 376 g/mol. The molecule has 0 radical (unpaired) electrons. The van der Waals surface area contributed by atoms with Gasteiger partial charge in [0.05, 0.1) is 13.2 Å². The van der Waals surface area contributed by atoms with Gasteiger partial charge in [0.15, 0.2) is 0 Å². The Bertz CT molecular complexity index is 1100.